The van der Waals surface area contributed by atoms with E-state index in [1.165, 1.54) is 0 Å². The summed E-state index contributed by atoms with van der Waals surface area (Å²) >= 11 is 3.33. The molecule has 0 saturated carbocycles. The zero-order chi connectivity index (χ0) is 10.3. The van der Waals surface area contributed by atoms with Crippen molar-refractivity contribution in [3.8, 4) is 0 Å². The molecule has 0 aromatic carbocycles. The van der Waals surface area contributed by atoms with E-state index < -0.39 is 0 Å². The molecule has 0 aliphatic carbocycles. The molecule has 0 radical (unpaired) electrons. The summed E-state index contributed by atoms with van der Waals surface area (Å²) < 4.78 is 5.17. The summed E-state index contributed by atoms with van der Waals surface area (Å²) in [6.07, 6.45) is 1.04. The summed E-state index contributed by atoms with van der Waals surface area (Å²) in [7, 11) is 0. The SMILES string of the molecule is CCC(CBr)NC(=O)COC(C)C. The van der Waals surface area contributed by atoms with Crippen molar-refractivity contribution in [3.05, 3.63) is 0 Å². The summed E-state index contributed by atoms with van der Waals surface area (Å²) in [5.74, 6) is -0.0417. The second-order valence-corrected chi connectivity index (χ2v) is 3.83. The van der Waals surface area contributed by atoms with Crippen LogP contribution in [0.5, 0.6) is 0 Å². The van der Waals surface area contributed by atoms with E-state index in [1.807, 2.05) is 20.8 Å². The van der Waals surface area contributed by atoms with Crippen LogP contribution in [-0.4, -0.2) is 30.0 Å². The Bertz CT molecular complexity index is 147. The van der Waals surface area contributed by atoms with Gasteiger partial charge in [-0.3, -0.25) is 4.79 Å². The number of carbonyl (C=O) groups is 1. The second-order valence-electron chi connectivity index (χ2n) is 3.19. The maximum atomic E-state index is 11.2. The van der Waals surface area contributed by atoms with Crippen LogP contribution in [0.4, 0.5) is 0 Å². The largest absolute Gasteiger partial charge is 0.369 e. The van der Waals surface area contributed by atoms with Crippen molar-refractivity contribution >= 4 is 21.8 Å². The predicted octanol–water partition coefficient (Wildman–Crippen LogP) is 1.70. The number of halogens is 1. The Hall–Kier alpha value is -0.0900. The molecule has 1 atom stereocenters. The number of alkyl halides is 1. The van der Waals surface area contributed by atoms with Gasteiger partial charge < -0.3 is 10.1 Å². The molecule has 0 rings (SSSR count). The van der Waals surface area contributed by atoms with Gasteiger partial charge in [0.1, 0.15) is 6.61 Å². The van der Waals surface area contributed by atoms with Gasteiger partial charge in [0, 0.05) is 11.4 Å². The summed E-state index contributed by atoms with van der Waals surface area (Å²) in [5.41, 5.74) is 0. The maximum Gasteiger partial charge on any atom is 0.246 e. The van der Waals surface area contributed by atoms with Crippen LogP contribution >= 0.6 is 15.9 Å². The highest BCUT2D eigenvalue weighted by atomic mass is 79.9. The molecule has 1 amide bonds. The van der Waals surface area contributed by atoms with Gasteiger partial charge in [0.25, 0.3) is 0 Å². The van der Waals surface area contributed by atoms with Crippen molar-refractivity contribution < 1.29 is 9.53 Å². The molecule has 0 aromatic heterocycles. The topological polar surface area (TPSA) is 38.3 Å². The van der Waals surface area contributed by atoms with E-state index in [4.69, 9.17) is 4.74 Å². The van der Waals surface area contributed by atoms with Gasteiger partial charge in [-0.1, -0.05) is 22.9 Å². The van der Waals surface area contributed by atoms with E-state index in [9.17, 15) is 4.79 Å². The van der Waals surface area contributed by atoms with Crippen LogP contribution in [0, 0.1) is 0 Å². The van der Waals surface area contributed by atoms with Gasteiger partial charge in [0.2, 0.25) is 5.91 Å². The smallest absolute Gasteiger partial charge is 0.246 e. The first-order chi connectivity index (χ1) is 6.10. The lowest BCUT2D eigenvalue weighted by Crippen LogP contribution is -2.38. The van der Waals surface area contributed by atoms with Crippen LogP contribution in [0.2, 0.25) is 0 Å². The van der Waals surface area contributed by atoms with Gasteiger partial charge in [-0.25, -0.2) is 0 Å². The lowest BCUT2D eigenvalue weighted by molar-refractivity contribution is -0.127. The van der Waals surface area contributed by atoms with Crippen LogP contribution in [0.25, 0.3) is 0 Å². The van der Waals surface area contributed by atoms with Crippen molar-refractivity contribution in [2.75, 3.05) is 11.9 Å². The van der Waals surface area contributed by atoms with Crippen molar-refractivity contribution in [1.82, 2.24) is 5.32 Å². The molecule has 4 heteroatoms. The lowest BCUT2D eigenvalue weighted by atomic mass is 10.2. The minimum absolute atomic E-state index is 0.0417. The van der Waals surface area contributed by atoms with Gasteiger partial charge in [-0.2, -0.15) is 0 Å². The van der Waals surface area contributed by atoms with Crippen LogP contribution < -0.4 is 5.32 Å². The molecule has 0 aliphatic heterocycles. The molecule has 1 N–H and O–H groups in total. The summed E-state index contributed by atoms with van der Waals surface area (Å²) in [6, 6.07) is 0.211. The fourth-order valence-corrected chi connectivity index (χ4v) is 1.38. The molecular weight excluding hydrogens is 234 g/mol. The standard InChI is InChI=1S/C9H18BrNO2/c1-4-8(5-10)11-9(12)6-13-7(2)3/h7-8H,4-6H2,1-3H3,(H,11,12). The van der Waals surface area contributed by atoms with Crippen molar-refractivity contribution in [2.24, 2.45) is 0 Å². The molecule has 78 valence electrons. The monoisotopic (exact) mass is 251 g/mol. The van der Waals surface area contributed by atoms with Gasteiger partial charge in [0.05, 0.1) is 6.10 Å². The van der Waals surface area contributed by atoms with E-state index >= 15 is 0 Å². The van der Waals surface area contributed by atoms with Gasteiger partial charge >= 0.3 is 0 Å². The molecule has 13 heavy (non-hydrogen) atoms. The number of ether oxygens (including phenoxy) is 1. The molecule has 0 aromatic rings. The Balaban J connectivity index is 3.60. The van der Waals surface area contributed by atoms with Crippen LogP contribution in [0.15, 0.2) is 0 Å². The first-order valence-electron chi connectivity index (χ1n) is 4.57. The van der Waals surface area contributed by atoms with Crippen LogP contribution in [0.1, 0.15) is 27.2 Å². The average Bonchev–Trinajstić information content (AvgIpc) is 2.10. The molecule has 0 spiro atoms. The Morgan fingerprint density at radius 2 is 2.15 bits per heavy atom. The molecule has 0 fully saturated rings. The molecule has 1 unspecified atom stereocenters. The van der Waals surface area contributed by atoms with E-state index in [0.29, 0.717) is 0 Å². The normalized spacial score (nSPS) is 13.0. The van der Waals surface area contributed by atoms with Crippen molar-refractivity contribution in [3.63, 3.8) is 0 Å². The quantitative estimate of drug-likeness (QED) is 0.731. The second kappa shape index (κ2) is 7.33. The molecule has 3 nitrogen and oxygen atoms in total. The molecule has 0 bridgehead atoms. The van der Waals surface area contributed by atoms with Crippen molar-refractivity contribution in [2.45, 2.75) is 39.3 Å². The maximum absolute atomic E-state index is 11.2. The Morgan fingerprint density at radius 1 is 1.54 bits per heavy atom. The Kier molecular flexibility index (Phi) is 7.28. The summed E-state index contributed by atoms with van der Waals surface area (Å²) in [6.45, 7) is 6.01. The van der Waals surface area contributed by atoms with Gasteiger partial charge in [-0.15, -0.1) is 0 Å². The number of rotatable bonds is 6. The van der Waals surface area contributed by atoms with Crippen LogP contribution in [0.3, 0.4) is 0 Å². The number of hydrogen-bond donors (Lipinski definition) is 1. The summed E-state index contributed by atoms with van der Waals surface area (Å²) in [5, 5.41) is 3.65. The number of nitrogens with one attached hydrogen (secondary N) is 1. The number of hydrogen-bond acceptors (Lipinski definition) is 2. The first-order valence-corrected chi connectivity index (χ1v) is 5.69. The first kappa shape index (κ1) is 12.9. The molecule has 0 saturated heterocycles. The highest BCUT2D eigenvalue weighted by Crippen LogP contribution is 1.96. The van der Waals surface area contributed by atoms with Crippen molar-refractivity contribution in [1.29, 1.82) is 0 Å². The summed E-state index contributed by atoms with van der Waals surface area (Å²) in [4.78, 5) is 11.2. The molecule has 0 heterocycles. The number of amides is 1. The zero-order valence-electron chi connectivity index (χ0n) is 8.47. The van der Waals surface area contributed by atoms with Gasteiger partial charge in [0.15, 0.2) is 0 Å². The average molecular weight is 252 g/mol. The van der Waals surface area contributed by atoms with E-state index in [1.54, 1.807) is 0 Å². The fraction of sp³-hybridized carbons (Fsp3) is 0.889. The van der Waals surface area contributed by atoms with Crippen LogP contribution in [-0.2, 0) is 9.53 Å². The fourth-order valence-electron chi connectivity index (χ4n) is 0.761. The van der Waals surface area contributed by atoms with E-state index in [-0.39, 0.29) is 24.7 Å². The predicted molar refractivity (Wildman–Crippen MR) is 57.1 cm³/mol. The third-order valence-electron chi connectivity index (χ3n) is 1.59. The van der Waals surface area contributed by atoms with E-state index in [0.717, 1.165) is 11.8 Å². The highest BCUT2D eigenvalue weighted by molar-refractivity contribution is 9.09. The third kappa shape index (κ3) is 7.02. The van der Waals surface area contributed by atoms with Gasteiger partial charge in [-0.05, 0) is 20.3 Å². The van der Waals surface area contributed by atoms with E-state index in [2.05, 4.69) is 21.2 Å². The number of carbonyl (C=O) groups excluding carboxylic acids is 1. The minimum Gasteiger partial charge on any atom is -0.369 e. The third-order valence-corrected chi connectivity index (χ3v) is 2.37. The molecular formula is C9H18BrNO2. The highest BCUT2D eigenvalue weighted by Gasteiger charge is 2.08. The molecule has 0 aliphatic rings. The Morgan fingerprint density at radius 3 is 2.54 bits per heavy atom. The lowest BCUT2D eigenvalue weighted by Gasteiger charge is -2.14. The zero-order valence-corrected chi connectivity index (χ0v) is 10.1. The minimum atomic E-state index is -0.0417. The Labute approximate surface area is 88.4 Å².